The largest absolute Gasteiger partial charge is 0.497 e. The molecule has 3 heteroatoms. The lowest BCUT2D eigenvalue weighted by Gasteiger charge is -2.09. The van der Waals surface area contributed by atoms with Crippen LogP contribution in [0, 0.1) is 0 Å². The van der Waals surface area contributed by atoms with Crippen molar-refractivity contribution in [2.45, 2.75) is 33.2 Å². The van der Waals surface area contributed by atoms with Crippen molar-refractivity contribution < 1.29 is 4.74 Å². The summed E-state index contributed by atoms with van der Waals surface area (Å²) in [4.78, 5) is 0. The Balaban J connectivity index is 2.42. The molecule has 0 saturated heterocycles. The maximum absolute atomic E-state index is 5.35. The number of ether oxygens (including phenoxy) is 1. The molecule has 0 bridgehead atoms. The summed E-state index contributed by atoms with van der Waals surface area (Å²) in [7, 11) is 1.72. The molecule has 19 heavy (non-hydrogen) atoms. The summed E-state index contributed by atoms with van der Waals surface area (Å²) >= 11 is 0. The highest BCUT2D eigenvalue weighted by Gasteiger charge is 2.11. The SMILES string of the molecule is CCNCCc1cn(C(C)C)c2ccc(OC)cc12. The van der Waals surface area contributed by atoms with E-state index in [1.807, 2.05) is 6.07 Å². The van der Waals surface area contributed by atoms with Crippen LogP contribution in [-0.4, -0.2) is 24.8 Å². The Bertz CT molecular complexity index is 543. The van der Waals surface area contributed by atoms with E-state index in [4.69, 9.17) is 4.74 Å². The first-order valence-corrected chi connectivity index (χ1v) is 7.05. The number of likely N-dealkylation sites (N-methyl/N-ethyl adjacent to an activating group) is 1. The second kappa shape index (κ2) is 6.11. The van der Waals surface area contributed by atoms with E-state index < -0.39 is 0 Å². The van der Waals surface area contributed by atoms with Crippen LogP contribution in [0.3, 0.4) is 0 Å². The van der Waals surface area contributed by atoms with Gasteiger partial charge in [0.05, 0.1) is 7.11 Å². The second-order valence-corrected chi connectivity index (χ2v) is 5.14. The van der Waals surface area contributed by atoms with E-state index in [-0.39, 0.29) is 0 Å². The monoisotopic (exact) mass is 260 g/mol. The van der Waals surface area contributed by atoms with Crippen molar-refractivity contribution in [2.24, 2.45) is 0 Å². The third kappa shape index (κ3) is 2.92. The molecule has 2 aromatic rings. The first-order chi connectivity index (χ1) is 9.17. The number of hydrogen-bond acceptors (Lipinski definition) is 2. The summed E-state index contributed by atoms with van der Waals surface area (Å²) in [5.74, 6) is 0.929. The van der Waals surface area contributed by atoms with Crippen LogP contribution in [0.5, 0.6) is 5.75 Å². The van der Waals surface area contributed by atoms with Crippen LogP contribution >= 0.6 is 0 Å². The van der Waals surface area contributed by atoms with Crippen molar-refractivity contribution in [3.05, 3.63) is 30.0 Å². The molecule has 0 aliphatic heterocycles. The predicted molar refractivity (Wildman–Crippen MR) is 81.1 cm³/mol. The van der Waals surface area contributed by atoms with Crippen LogP contribution in [0.15, 0.2) is 24.4 Å². The number of hydrogen-bond donors (Lipinski definition) is 1. The third-order valence-corrected chi connectivity index (χ3v) is 3.50. The number of aromatic nitrogens is 1. The molecule has 0 spiro atoms. The van der Waals surface area contributed by atoms with Crippen molar-refractivity contribution in [2.75, 3.05) is 20.2 Å². The van der Waals surface area contributed by atoms with Crippen LogP contribution in [0.2, 0.25) is 0 Å². The fourth-order valence-electron chi connectivity index (χ4n) is 2.46. The molecule has 1 aromatic carbocycles. The summed E-state index contributed by atoms with van der Waals surface area (Å²) in [5, 5.41) is 4.70. The molecule has 1 aromatic heterocycles. The van der Waals surface area contributed by atoms with Crippen molar-refractivity contribution in [1.82, 2.24) is 9.88 Å². The fourth-order valence-corrected chi connectivity index (χ4v) is 2.46. The average molecular weight is 260 g/mol. The standard InChI is InChI=1S/C16H24N2O/c1-5-17-9-8-13-11-18(12(2)3)16-7-6-14(19-4)10-15(13)16/h6-7,10-12,17H,5,8-9H2,1-4H3. The molecule has 0 aliphatic carbocycles. The molecule has 0 radical (unpaired) electrons. The molecule has 0 saturated carbocycles. The Hall–Kier alpha value is -1.48. The van der Waals surface area contributed by atoms with Crippen LogP contribution in [0.25, 0.3) is 10.9 Å². The van der Waals surface area contributed by atoms with Gasteiger partial charge in [0.15, 0.2) is 0 Å². The Labute approximate surface area is 115 Å². The molecule has 3 nitrogen and oxygen atoms in total. The van der Waals surface area contributed by atoms with E-state index in [0.717, 1.165) is 25.3 Å². The lowest BCUT2D eigenvalue weighted by atomic mass is 10.1. The number of methoxy groups -OCH3 is 1. The van der Waals surface area contributed by atoms with Gasteiger partial charge < -0.3 is 14.6 Å². The van der Waals surface area contributed by atoms with Gasteiger partial charge in [-0.05, 0) is 57.1 Å². The van der Waals surface area contributed by atoms with Gasteiger partial charge in [0.2, 0.25) is 0 Å². The van der Waals surface area contributed by atoms with Gasteiger partial charge in [-0.15, -0.1) is 0 Å². The van der Waals surface area contributed by atoms with Gasteiger partial charge in [-0.2, -0.15) is 0 Å². The van der Waals surface area contributed by atoms with Crippen LogP contribution in [-0.2, 0) is 6.42 Å². The zero-order chi connectivity index (χ0) is 13.8. The second-order valence-electron chi connectivity index (χ2n) is 5.14. The van der Waals surface area contributed by atoms with Gasteiger partial charge >= 0.3 is 0 Å². The van der Waals surface area contributed by atoms with E-state index in [1.165, 1.54) is 16.5 Å². The quantitative estimate of drug-likeness (QED) is 0.806. The third-order valence-electron chi connectivity index (χ3n) is 3.50. The fraction of sp³-hybridized carbons (Fsp3) is 0.500. The minimum Gasteiger partial charge on any atom is -0.497 e. The lowest BCUT2D eigenvalue weighted by Crippen LogP contribution is -2.15. The van der Waals surface area contributed by atoms with Crippen LogP contribution in [0.4, 0.5) is 0 Å². The molecule has 0 atom stereocenters. The maximum Gasteiger partial charge on any atom is 0.119 e. The molecule has 0 fully saturated rings. The molecule has 104 valence electrons. The molecule has 2 rings (SSSR count). The highest BCUT2D eigenvalue weighted by molar-refractivity contribution is 5.85. The number of fused-ring (bicyclic) bond motifs is 1. The van der Waals surface area contributed by atoms with Crippen molar-refractivity contribution in [3.63, 3.8) is 0 Å². The molecule has 0 aliphatic rings. The average Bonchev–Trinajstić information content (AvgIpc) is 2.77. The normalized spacial score (nSPS) is 11.4. The van der Waals surface area contributed by atoms with Gasteiger partial charge in [-0.25, -0.2) is 0 Å². The number of benzene rings is 1. The van der Waals surface area contributed by atoms with Crippen molar-refractivity contribution in [1.29, 1.82) is 0 Å². The summed E-state index contributed by atoms with van der Waals surface area (Å²) in [6, 6.07) is 6.82. The number of nitrogens with zero attached hydrogens (tertiary/aromatic N) is 1. The number of rotatable bonds is 6. The summed E-state index contributed by atoms with van der Waals surface area (Å²) in [6.45, 7) is 8.62. The van der Waals surface area contributed by atoms with Gasteiger partial charge in [0, 0.05) is 23.1 Å². The molecule has 0 unspecified atom stereocenters. The molecular formula is C16H24N2O. The molecule has 1 N–H and O–H groups in total. The Kier molecular flexibility index (Phi) is 4.48. The molecule has 1 heterocycles. The zero-order valence-corrected chi connectivity index (χ0v) is 12.4. The Morgan fingerprint density at radius 2 is 2.11 bits per heavy atom. The topological polar surface area (TPSA) is 26.2 Å². The van der Waals surface area contributed by atoms with Crippen LogP contribution < -0.4 is 10.1 Å². The highest BCUT2D eigenvalue weighted by Crippen LogP contribution is 2.28. The van der Waals surface area contributed by atoms with Gasteiger partial charge in [-0.1, -0.05) is 6.92 Å². The van der Waals surface area contributed by atoms with E-state index >= 15 is 0 Å². The minimum atomic E-state index is 0.476. The van der Waals surface area contributed by atoms with E-state index in [9.17, 15) is 0 Å². The van der Waals surface area contributed by atoms with E-state index in [1.54, 1.807) is 7.11 Å². The van der Waals surface area contributed by atoms with Crippen molar-refractivity contribution >= 4 is 10.9 Å². The predicted octanol–water partition coefficient (Wildman–Crippen LogP) is 3.38. The summed E-state index contributed by atoms with van der Waals surface area (Å²) in [5.41, 5.74) is 2.69. The zero-order valence-electron chi connectivity index (χ0n) is 12.4. The van der Waals surface area contributed by atoms with E-state index in [0.29, 0.717) is 6.04 Å². The first-order valence-electron chi connectivity index (χ1n) is 7.05. The molecular weight excluding hydrogens is 236 g/mol. The summed E-state index contributed by atoms with van der Waals surface area (Å²) < 4.78 is 7.69. The van der Waals surface area contributed by atoms with Crippen molar-refractivity contribution in [3.8, 4) is 5.75 Å². The summed E-state index contributed by atoms with van der Waals surface area (Å²) in [6.07, 6.45) is 3.34. The Morgan fingerprint density at radius 3 is 2.74 bits per heavy atom. The maximum atomic E-state index is 5.35. The lowest BCUT2D eigenvalue weighted by molar-refractivity contribution is 0.415. The van der Waals surface area contributed by atoms with Crippen LogP contribution in [0.1, 0.15) is 32.4 Å². The van der Waals surface area contributed by atoms with Gasteiger partial charge in [-0.3, -0.25) is 0 Å². The highest BCUT2D eigenvalue weighted by atomic mass is 16.5. The smallest absolute Gasteiger partial charge is 0.119 e. The van der Waals surface area contributed by atoms with E-state index in [2.05, 4.69) is 49.0 Å². The van der Waals surface area contributed by atoms with Gasteiger partial charge in [0.25, 0.3) is 0 Å². The Morgan fingerprint density at radius 1 is 1.32 bits per heavy atom. The van der Waals surface area contributed by atoms with Gasteiger partial charge in [0.1, 0.15) is 5.75 Å². The first kappa shape index (κ1) is 13.9. The molecule has 0 amide bonds. The minimum absolute atomic E-state index is 0.476. The number of nitrogens with one attached hydrogen (secondary N) is 1.